The van der Waals surface area contributed by atoms with Gasteiger partial charge in [0.2, 0.25) is 0 Å². The Hall–Kier alpha value is -0.420. The van der Waals surface area contributed by atoms with Crippen LogP contribution < -0.4 is 5.32 Å². The van der Waals surface area contributed by atoms with E-state index in [4.69, 9.17) is 5.11 Å². The molecule has 0 bridgehead atoms. The minimum atomic E-state index is -0.723. The van der Waals surface area contributed by atoms with Crippen molar-refractivity contribution in [3.8, 4) is 0 Å². The molecule has 0 rings (SSSR count). The number of carboxylic acids is 1. The fourth-order valence-electron chi connectivity index (χ4n) is 1.04. The maximum absolute atomic E-state index is 10.7. The number of carboxylic acid groups (broad SMARTS) is 1. The predicted octanol–water partition coefficient (Wildman–Crippen LogP) is 0.599. The highest BCUT2D eigenvalue weighted by Crippen LogP contribution is 1.98. The second-order valence-electron chi connectivity index (χ2n) is 3.23. The van der Waals surface area contributed by atoms with Gasteiger partial charge >= 0.3 is 5.97 Å². The molecule has 0 saturated heterocycles. The fraction of sp³-hybridized carbons (Fsp3) is 0.889. The zero-order valence-corrected chi connectivity index (χ0v) is 9.44. The van der Waals surface area contributed by atoms with Gasteiger partial charge in [-0.1, -0.05) is 6.42 Å². The first-order valence-electron chi connectivity index (χ1n) is 4.85. The van der Waals surface area contributed by atoms with Gasteiger partial charge in [-0.2, -0.15) is 0 Å². The third-order valence-corrected chi connectivity index (χ3v) is 2.59. The Balaban J connectivity index is 2.99. The number of rotatable bonds is 9. The Labute approximate surface area is 87.5 Å². The first kappa shape index (κ1) is 13.6. The normalized spacial score (nSPS) is 12.6. The fourth-order valence-corrected chi connectivity index (χ4v) is 1.48. The van der Waals surface area contributed by atoms with E-state index < -0.39 is 16.8 Å². The molecule has 0 fully saturated rings. The number of nitrogens with one attached hydrogen (secondary N) is 1. The molecule has 1 unspecified atom stereocenters. The average molecular weight is 221 g/mol. The molecule has 5 heteroatoms. The van der Waals surface area contributed by atoms with Crippen LogP contribution in [0.1, 0.15) is 25.7 Å². The van der Waals surface area contributed by atoms with E-state index in [0.717, 1.165) is 32.4 Å². The zero-order chi connectivity index (χ0) is 10.8. The molecule has 0 aliphatic heterocycles. The van der Waals surface area contributed by atoms with E-state index in [9.17, 15) is 9.00 Å². The molecule has 0 heterocycles. The molecule has 84 valence electrons. The lowest BCUT2D eigenvalue weighted by atomic mass is 10.2. The number of hydrogen-bond donors (Lipinski definition) is 2. The Morgan fingerprint density at radius 3 is 2.57 bits per heavy atom. The summed E-state index contributed by atoms with van der Waals surface area (Å²) in [5, 5.41) is 11.5. The van der Waals surface area contributed by atoms with E-state index in [2.05, 4.69) is 5.32 Å². The SMILES string of the molecule is CS(=O)CCNCCCCCC(=O)O. The highest BCUT2D eigenvalue weighted by molar-refractivity contribution is 7.84. The number of aliphatic carboxylic acids is 1. The van der Waals surface area contributed by atoms with E-state index in [-0.39, 0.29) is 6.42 Å². The minimum Gasteiger partial charge on any atom is -0.481 e. The summed E-state index contributed by atoms with van der Waals surface area (Å²) in [6.07, 6.45) is 4.63. The summed E-state index contributed by atoms with van der Waals surface area (Å²) in [7, 11) is -0.721. The van der Waals surface area contributed by atoms with E-state index in [1.165, 1.54) is 0 Å². The molecule has 0 saturated carbocycles. The third kappa shape index (κ3) is 11.6. The van der Waals surface area contributed by atoms with E-state index in [1.54, 1.807) is 6.26 Å². The minimum absolute atomic E-state index is 0.263. The summed E-state index contributed by atoms with van der Waals surface area (Å²) in [4.78, 5) is 10.2. The van der Waals surface area contributed by atoms with Gasteiger partial charge in [-0.05, 0) is 19.4 Å². The summed E-state index contributed by atoms with van der Waals surface area (Å²) in [5.41, 5.74) is 0. The Morgan fingerprint density at radius 2 is 2.00 bits per heavy atom. The smallest absolute Gasteiger partial charge is 0.303 e. The molecule has 0 aliphatic rings. The summed E-state index contributed by atoms with van der Waals surface area (Å²) in [5.74, 6) is -0.0332. The second-order valence-corrected chi connectivity index (χ2v) is 4.79. The van der Waals surface area contributed by atoms with Crippen LogP contribution in [0, 0.1) is 0 Å². The molecular weight excluding hydrogens is 202 g/mol. The van der Waals surface area contributed by atoms with Crippen LogP contribution >= 0.6 is 0 Å². The van der Waals surface area contributed by atoms with Gasteiger partial charge in [0.25, 0.3) is 0 Å². The Morgan fingerprint density at radius 1 is 1.29 bits per heavy atom. The van der Waals surface area contributed by atoms with Crippen molar-refractivity contribution in [3.63, 3.8) is 0 Å². The van der Waals surface area contributed by atoms with E-state index in [0.29, 0.717) is 5.75 Å². The lowest BCUT2D eigenvalue weighted by Crippen LogP contribution is -2.21. The summed E-state index contributed by atoms with van der Waals surface area (Å²) in [6, 6.07) is 0. The van der Waals surface area contributed by atoms with Crippen LogP contribution in [0.25, 0.3) is 0 Å². The third-order valence-electron chi connectivity index (χ3n) is 1.81. The van der Waals surface area contributed by atoms with Crippen LogP contribution in [0.5, 0.6) is 0 Å². The predicted molar refractivity (Wildman–Crippen MR) is 57.9 cm³/mol. The molecular formula is C9H19NO3S. The highest BCUT2D eigenvalue weighted by Gasteiger charge is 1.96. The van der Waals surface area contributed by atoms with Gasteiger partial charge in [-0.3, -0.25) is 9.00 Å². The van der Waals surface area contributed by atoms with Crippen LogP contribution in [0.2, 0.25) is 0 Å². The van der Waals surface area contributed by atoms with E-state index >= 15 is 0 Å². The maximum atomic E-state index is 10.7. The van der Waals surface area contributed by atoms with Crippen molar-refractivity contribution in [2.45, 2.75) is 25.7 Å². The van der Waals surface area contributed by atoms with Crippen molar-refractivity contribution in [3.05, 3.63) is 0 Å². The van der Waals surface area contributed by atoms with Gasteiger partial charge in [-0.25, -0.2) is 0 Å². The van der Waals surface area contributed by atoms with Gasteiger partial charge < -0.3 is 10.4 Å². The van der Waals surface area contributed by atoms with Crippen LogP contribution in [0.15, 0.2) is 0 Å². The van der Waals surface area contributed by atoms with Crippen molar-refractivity contribution in [2.24, 2.45) is 0 Å². The van der Waals surface area contributed by atoms with Crippen molar-refractivity contribution in [2.75, 3.05) is 25.1 Å². The van der Waals surface area contributed by atoms with Crippen LogP contribution in [0.4, 0.5) is 0 Å². The van der Waals surface area contributed by atoms with Gasteiger partial charge in [0, 0.05) is 35.8 Å². The molecule has 0 aromatic rings. The molecule has 2 N–H and O–H groups in total. The topological polar surface area (TPSA) is 66.4 Å². The zero-order valence-electron chi connectivity index (χ0n) is 8.62. The average Bonchev–Trinajstić information content (AvgIpc) is 2.08. The molecule has 1 atom stereocenters. The molecule has 4 nitrogen and oxygen atoms in total. The summed E-state index contributed by atoms with van der Waals surface area (Å²) >= 11 is 0. The second kappa shape index (κ2) is 9.15. The van der Waals surface area contributed by atoms with Crippen molar-refractivity contribution in [1.29, 1.82) is 0 Å². The molecule has 0 radical (unpaired) electrons. The molecule has 0 spiro atoms. The molecule has 14 heavy (non-hydrogen) atoms. The van der Waals surface area contributed by atoms with Gasteiger partial charge in [0.05, 0.1) is 0 Å². The van der Waals surface area contributed by atoms with Crippen molar-refractivity contribution < 1.29 is 14.1 Å². The van der Waals surface area contributed by atoms with Gasteiger partial charge in [0.15, 0.2) is 0 Å². The standard InChI is InChI=1S/C9H19NO3S/c1-14(13)8-7-10-6-4-2-3-5-9(11)12/h10H,2-8H2,1H3,(H,11,12). The van der Waals surface area contributed by atoms with Gasteiger partial charge in [-0.15, -0.1) is 0 Å². The number of unbranched alkanes of at least 4 members (excludes halogenated alkanes) is 2. The van der Waals surface area contributed by atoms with Crippen LogP contribution in [-0.4, -0.2) is 40.4 Å². The van der Waals surface area contributed by atoms with Crippen LogP contribution in [0.3, 0.4) is 0 Å². The monoisotopic (exact) mass is 221 g/mol. The number of hydrogen-bond acceptors (Lipinski definition) is 3. The summed E-state index contributed by atoms with van der Waals surface area (Å²) < 4.78 is 10.7. The molecule has 0 aliphatic carbocycles. The Kier molecular flexibility index (Phi) is 8.87. The van der Waals surface area contributed by atoms with Crippen molar-refractivity contribution in [1.82, 2.24) is 5.32 Å². The lowest BCUT2D eigenvalue weighted by molar-refractivity contribution is -0.137. The molecule has 0 aromatic carbocycles. The van der Waals surface area contributed by atoms with Crippen LogP contribution in [-0.2, 0) is 15.6 Å². The Bertz CT molecular complexity index is 165. The number of carbonyl (C=O) groups is 1. The first-order valence-corrected chi connectivity index (χ1v) is 6.58. The first-order chi connectivity index (χ1) is 6.63. The molecule has 0 aromatic heterocycles. The molecule has 0 amide bonds. The quantitative estimate of drug-likeness (QED) is 0.560. The lowest BCUT2D eigenvalue weighted by Gasteiger charge is -2.02. The summed E-state index contributed by atoms with van der Waals surface area (Å²) in [6.45, 7) is 1.67. The maximum Gasteiger partial charge on any atom is 0.303 e. The van der Waals surface area contributed by atoms with Crippen molar-refractivity contribution >= 4 is 16.8 Å². The van der Waals surface area contributed by atoms with Gasteiger partial charge in [0.1, 0.15) is 0 Å². The largest absolute Gasteiger partial charge is 0.481 e. The highest BCUT2D eigenvalue weighted by atomic mass is 32.2. The van der Waals surface area contributed by atoms with E-state index in [1.807, 2.05) is 0 Å².